The van der Waals surface area contributed by atoms with Gasteiger partial charge in [-0.05, 0) is 48.6 Å². The van der Waals surface area contributed by atoms with E-state index in [0.717, 1.165) is 48.3 Å². The molecule has 6 heteroatoms. The van der Waals surface area contributed by atoms with Crippen LogP contribution in [0.4, 0.5) is 0 Å². The maximum Gasteiger partial charge on any atom is 0.340 e. The summed E-state index contributed by atoms with van der Waals surface area (Å²) in [5.41, 5.74) is 4.53. The van der Waals surface area contributed by atoms with E-state index in [-0.39, 0.29) is 22.9 Å². The molecule has 6 rings (SSSR count). The number of benzene rings is 2. The SMILES string of the molecule is Cc1c(Cc2ccccc2)c(=O)oc2c(CN3CC4CC(C3)c3cccc(=O)n3C4)c(O)ccc12. The minimum absolute atomic E-state index is 0.0703. The highest BCUT2D eigenvalue weighted by Crippen LogP contribution is 2.37. The Morgan fingerprint density at radius 2 is 1.77 bits per heavy atom. The van der Waals surface area contributed by atoms with Crippen molar-refractivity contribution >= 4 is 11.0 Å². The number of aromatic nitrogens is 1. The molecule has 0 aliphatic carbocycles. The molecule has 35 heavy (non-hydrogen) atoms. The first kappa shape index (κ1) is 21.9. The fourth-order valence-electron chi connectivity index (χ4n) is 6.01. The fraction of sp³-hybridized carbons (Fsp3) is 0.310. The second kappa shape index (κ2) is 8.54. The van der Waals surface area contributed by atoms with Gasteiger partial charge in [-0.1, -0.05) is 36.4 Å². The van der Waals surface area contributed by atoms with Gasteiger partial charge in [0.05, 0.1) is 5.56 Å². The van der Waals surface area contributed by atoms with Gasteiger partial charge in [0.25, 0.3) is 5.56 Å². The molecule has 2 aliphatic rings. The van der Waals surface area contributed by atoms with Gasteiger partial charge in [0.1, 0.15) is 11.3 Å². The van der Waals surface area contributed by atoms with Gasteiger partial charge in [-0.3, -0.25) is 9.69 Å². The summed E-state index contributed by atoms with van der Waals surface area (Å²) in [6, 6.07) is 19.0. The topological polar surface area (TPSA) is 75.7 Å². The van der Waals surface area contributed by atoms with Crippen LogP contribution in [0.3, 0.4) is 0 Å². The molecule has 2 atom stereocenters. The zero-order chi connectivity index (χ0) is 24.1. The number of pyridine rings is 1. The largest absolute Gasteiger partial charge is 0.507 e. The molecule has 0 amide bonds. The summed E-state index contributed by atoms with van der Waals surface area (Å²) in [7, 11) is 0. The Morgan fingerprint density at radius 3 is 2.60 bits per heavy atom. The average molecular weight is 469 g/mol. The third-order valence-corrected chi connectivity index (χ3v) is 7.69. The molecule has 0 radical (unpaired) electrons. The van der Waals surface area contributed by atoms with Gasteiger partial charge in [-0.15, -0.1) is 0 Å². The molecule has 2 aromatic heterocycles. The van der Waals surface area contributed by atoms with Crippen LogP contribution in [0.15, 0.2) is 74.7 Å². The number of fused-ring (bicyclic) bond motifs is 5. The quantitative estimate of drug-likeness (QED) is 0.455. The maximum atomic E-state index is 13.0. The van der Waals surface area contributed by atoms with Crippen LogP contribution < -0.4 is 11.2 Å². The molecule has 4 heterocycles. The minimum Gasteiger partial charge on any atom is -0.507 e. The van der Waals surface area contributed by atoms with E-state index in [1.165, 1.54) is 0 Å². The summed E-state index contributed by atoms with van der Waals surface area (Å²) >= 11 is 0. The Morgan fingerprint density at radius 1 is 0.943 bits per heavy atom. The first-order valence-electron chi connectivity index (χ1n) is 12.2. The molecule has 178 valence electrons. The molecule has 0 saturated carbocycles. The number of phenols is 1. The van der Waals surface area contributed by atoms with Crippen LogP contribution in [0.25, 0.3) is 11.0 Å². The number of nitrogens with zero attached hydrogens (tertiary/aromatic N) is 2. The molecular formula is C29H28N2O4. The molecule has 2 aliphatic heterocycles. The number of aryl methyl sites for hydroxylation is 1. The molecular weight excluding hydrogens is 440 g/mol. The van der Waals surface area contributed by atoms with Crippen LogP contribution in [0.1, 0.15) is 40.3 Å². The van der Waals surface area contributed by atoms with E-state index in [1.807, 2.05) is 54.0 Å². The molecule has 1 fully saturated rings. The Labute approximate surface area is 203 Å². The number of likely N-dealkylation sites (tertiary alicyclic amines) is 1. The van der Waals surface area contributed by atoms with Gasteiger partial charge < -0.3 is 14.1 Å². The average Bonchev–Trinajstić information content (AvgIpc) is 2.85. The predicted octanol–water partition coefficient (Wildman–Crippen LogP) is 4.18. The van der Waals surface area contributed by atoms with Crippen molar-refractivity contribution in [2.75, 3.05) is 13.1 Å². The minimum atomic E-state index is -0.352. The second-order valence-corrected chi connectivity index (χ2v) is 9.99. The zero-order valence-corrected chi connectivity index (χ0v) is 19.7. The van der Waals surface area contributed by atoms with Gasteiger partial charge >= 0.3 is 5.63 Å². The van der Waals surface area contributed by atoms with Crippen molar-refractivity contribution in [1.29, 1.82) is 0 Å². The molecule has 1 N–H and O–H groups in total. The van der Waals surface area contributed by atoms with Crippen LogP contribution in [0, 0.1) is 12.8 Å². The van der Waals surface area contributed by atoms with Crippen molar-refractivity contribution < 1.29 is 9.52 Å². The summed E-state index contributed by atoms with van der Waals surface area (Å²) in [6.07, 6.45) is 1.58. The number of rotatable bonds is 4. The van der Waals surface area contributed by atoms with Crippen molar-refractivity contribution in [3.8, 4) is 5.75 Å². The highest BCUT2D eigenvalue weighted by atomic mass is 16.4. The highest BCUT2D eigenvalue weighted by Gasteiger charge is 2.35. The predicted molar refractivity (Wildman–Crippen MR) is 135 cm³/mol. The van der Waals surface area contributed by atoms with Crippen molar-refractivity contribution in [1.82, 2.24) is 9.47 Å². The lowest BCUT2D eigenvalue weighted by Gasteiger charge is -2.42. The number of aromatic hydroxyl groups is 1. The maximum absolute atomic E-state index is 13.0. The summed E-state index contributed by atoms with van der Waals surface area (Å²) in [4.78, 5) is 27.7. The van der Waals surface area contributed by atoms with Gasteiger partial charge in [0, 0.05) is 61.2 Å². The van der Waals surface area contributed by atoms with Crippen molar-refractivity contribution in [3.63, 3.8) is 0 Å². The number of hydrogen-bond donors (Lipinski definition) is 1. The summed E-state index contributed by atoms with van der Waals surface area (Å²) in [6.45, 7) is 4.81. The molecule has 0 spiro atoms. The van der Waals surface area contributed by atoms with E-state index in [2.05, 4.69) is 11.0 Å². The van der Waals surface area contributed by atoms with Crippen LogP contribution in [-0.4, -0.2) is 27.7 Å². The first-order chi connectivity index (χ1) is 17.0. The third kappa shape index (κ3) is 3.88. The Bertz CT molecular complexity index is 1540. The van der Waals surface area contributed by atoms with Gasteiger partial charge in [-0.25, -0.2) is 4.79 Å². The molecule has 2 aromatic carbocycles. The highest BCUT2D eigenvalue weighted by molar-refractivity contribution is 5.85. The molecule has 2 bridgehead atoms. The van der Waals surface area contributed by atoms with Gasteiger partial charge in [0.15, 0.2) is 0 Å². The lowest BCUT2D eigenvalue weighted by molar-refractivity contribution is 0.113. The Balaban J connectivity index is 1.34. The summed E-state index contributed by atoms with van der Waals surface area (Å²) < 4.78 is 7.80. The lowest BCUT2D eigenvalue weighted by Crippen LogP contribution is -2.46. The summed E-state index contributed by atoms with van der Waals surface area (Å²) in [5, 5.41) is 11.6. The number of hydrogen-bond acceptors (Lipinski definition) is 5. The van der Waals surface area contributed by atoms with E-state index in [4.69, 9.17) is 4.42 Å². The van der Waals surface area contributed by atoms with E-state index in [1.54, 1.807) is 12.1 Å². The molecule has 1 saturated heterocycles. The van der Waals surface area contributed by atoms with Crippen LogP contribution in [0.2, 0.25) is 0 Å². The fourth-order valence-corrected chi connectivity index (χ4v) is 6.01. The smallest absolute Gasteiger partial charge is 0.340 e. The van der Waals surface area contributed by atoms with Gasteiger partial charge in [-0.2, -0.15) is 0 Å². The zero-order valence-electron chi connectivity index (χ0n) is 19.7. The second-order valence-electron chi connectivity index (χ2n) is 9.99. The first-order valence-corrected chi connectivity index (χ1v) is 12.2. The lowest BCUT2D eigenvalue weighted by atomic mass is 9.83. The van der Waals surface area contributed by atoms with E-state index in [9.17, 15) is 14.7 Å². The third-order valence-electron chi connectivity index (χ3n) is 7.69. The van der Waals surface area contributed by atoms with Crippen molar-refractivity contribution in [3.05, 3.63) is 109 Å². The Kier molecular flexibility index (Phi) is 5.33. The van der Waals surface area contributed by atoms with Crippen LogP contribution >= 0.6 is 0 Å². The standard InChI is InChI=1S/C29H28N2O4/c1-18-22-10-11-26(32)24(28(22)35-29(34)23(18)13-19-6-3-2-4-7-19)17-30-14-20-12-21(16-30)25-8-5-9-27(33)31(25)15-20/h2-11,20-21,32H,12-17H2,1H3. The van der Waals surface area contributed by atoms with E-state index < -0.39 is 0 Å². The molecule has 6 nitrogen and oxygen atoms in total. The van der Waals surface area contributed by atoms with E-state index >= 15 is 0 Å². The summed E-state index contributed by atoms with van der Waals surface area (Å²) in [5.74, 6) is 0.799. The van der Waals surface area contributed by atoms with Crippen molar-refractivity contribution in [2.45, 2.75) is 38.8 Å². The number of piperidine rings is 1. The molecule has 2 unspecified atom stereocenters. The van der Waals surface area contributed by atoms with Crippen molar-refractivity contribution in [2.24, 2.45) is 5.92 Å². The number of phenolic OH excluding ortho intramolecular Hbond substituents is 1. The molecule has 4 aromatic rings. The van der Waals surface area contributed by atoms with E-state index in [0.29, 0.717) is 35.6 Å². The van der Waals surface area contributed by atoms with Gasteiger partial charge in [0.2, 0.25) is 0 Å². The van der Waals surface area contributed by atoms with Crippen LogP contribution in [-0.2, 0) is 19.5 Å². The Hall–Kier alpha value is -3.64. The monoisotopic (exact) mass is 468 g/mol. The normalized spacial score (nSPS) is 19.6. The van der Waals surface area contributed by atoms with Crippen LogP contribution in [0.5, 0.6) is 5.75 Å².